The summed E-state index contributed by atoms with van der Waals surface area (Å²) in [4.78, 5) is 0. The fourth-order valence-corrected chi connectivity index (χ4v) is 1.20. The van der Waals surface area contributed by atoms with Crippen molar-refractivity contribution in [3.8, 4) is 0 Å². The number of benzene rings is 1. The zero-order valence-electron chi connectivity index (χ0n) is 7.93. The normalized spacial score (nSPS) is 14.1. The third-order valence-corrected chi connectivity index (χ3v) is 1.91. The third kappa shape index (κ3) is 2.48. The maximum atomic E-state index is 12.4. The molecule has 0 radical (unpaired) electrons. The minimum Gasteiger partial charge on any atom is -0.367 e. The van der Waals surface area contributed by atoms with Crippen molar-refractivity contribution in [2.45, 2.75) is 19.2 Å². The van der Waals surface area contributed by atoms with E-state index in [9.17, 15) is 13.2 Å². The van der Waals surface area contributed by atoms with Crippen molar-refractivity contribution in [1.29, 1.82) is 0 Å². The van der Waals surface area contributed by atoms with Gasteiger partial charge in [-0.1, -0.05) is 29.8 Å². The number of rotatable bonds is 2. The van der Waals surface area contributed by atoms with Crippen LogP contribution in [0.2, 0.25) is 0 Å². The molecule has 1 rings (SSSR count). The molecule has 1 aromatic carbocycles. The van der Waals surface area contributed by atoms with Crippen LogP contribution in [-0.2, 0) is 4.74 Å². The van der Waals surface area contributed by atoms with Gasteiger partial charge in [-0.2, -0.15) is 13.2 Å². The Morgan fingerprint density at radius 1 is 1.14 bits per heavy atom. The van der Waals surface area contributed by atoms with E-state index < -0.39 is 12.3 Å². The molecular formula is C10H11F3O. The van der Waals surface area contributed by atoms with Crippen LogP contribution in [0.25, 0.3) is 0 Å². The second kappa shape index (κ2) is 4.00. The Bertz CT molecular complexity index is 289. The molecule has 0 heterocycles. The lowest BCUT2D eigenvalue weighted by Gasteiger charge is -2.18. The molecule has 0 fully saturated rings. The predicted molar refractivity (Wildman–Crippen MR) is 47.0 cm³/mol. The second-order valence-electron chi connectivity index (χ2n) is 3.07. The first-order chi connectivity index (χ1) is 6.45. The molecule has 0 aliphatic carbocycles. The highest BCUT2D eigenvalue weighted by Crippen LogP contribution is 2.35. The summed E-state index contributed by atoms with van der Waals surface area (Å²) in [5, 5.41) is 0. The summed E-state index contributed by atoms with van der Waals surface area (Å²) in [5.41, 5.74) is 1.05. The van der Waals surface area contributed by atoms with E-state index in [2.05, 4.69) is 4.74 Å². The molecule has 4 heteroatoms. The van der Waals surface area contributed by atoms with Gasteiger partial charge in [-0.25, -0.2) is 0 Å². The van der Waals surface area contributed by atoms with Gasteiger partial charge in [-0.15, -0.1) is 0 Å². The molecule has 0 amide bonds. The van der Waals surface area contributed by atoms with Gasteiger partial charge in [0.25, 0.3) is 0 Å². The van der Waals surface area contributed by atoms with Crippen LogP contribution in [-0.4, -0.2) is 13.3 Å². The number of ether oxygens (including phenoxy) is 1. The predicted octanol–water partition coefficient (Wildman–Crippen LogP) is 3.24. The highest BCUT2D eigenvalue weighted by molar-refractivity contribution is 5.24. The van der Waals surface area contributed by atoms with E-state index >= 15 is 0 Å². The molecule has 0 saturated heterocycles. The van der Waals surface area contributed by atoms with Crippen LogP contribution >= 0.6 is 0 Å². The lowest BCUT2D eigenvalue weighted by molar-refractivity contribution is -0.215. The van der Waals surface area contributed by atoms with Gasteiger partial charge < -0.3 is 4.74 Å². The lowest BCUT2D eigenvalue weighted by Crippen LogP contribution is -2.22. The summed E-state index contributed by atoms with van der Waals surface area (Å²) in [7, 11) is 1.05. The molecular weight excluding hydrogens is 193 g/mol. The van der Waals surface area contributed by atoms with Gasteiger partial charge in [-0.3, -0.25) is 0 Å². The van der Waals surface area contributed by atoms with Crippen LogP contribution in [0.3, 0.4) is 0 Å². The first-order valence-corrected chi connectivity index (χ1v) is 4.11. The molecule has 14 heavy (non-hydrogen) atoms. The first-order valence-electron chi connectivity index (χ1n) is 4.11. The summed E-state index contributed by atoms with van der Waals surface area (Å²) in [6.45, 7) is 1.82. The highest BCUT2D eigenvalue weighted by Gasteiger charge is 2.40. The lowest BCUT2D eigenvalue weighted by atomic mass is 10.1. The van der Waals surface area contributed by atoms with Gasteiger partial charge in [0.15, 0.2) is 6.10 Å². The zero-order valence-corrected chi connectivity index (χ0v) is 7.93. The average molecular weight is 204 g/mol. The van der Waals surface area contributed by atoms with E-state index in [4.69, 9.17) is 0 Å². The summed E-state index contributed by atoms with van der Waals surface area (Å²) in [6, 6.07) is 6.12. The van der Waals surface area contributed by atoms with Crippen LogP contribution in [0.1, 0.15) is 17.2 Å². The van der Waals surface area contributed by atoms with Gasteiger partial charge in [0.05, 0.1) is 0 Å². The van der Waals surface area contributed by atoms with Crippen molar-refractivity contribution in [2.24, 2.45) is 0 Å². The van der Waals surface area contributed by atoms with Gasteiger partial charge in [0.2, 0.25) is 0 Å². The van der Waals surface area contributed by atoms with E-state index in [1.807, 2.05) is 6.92 Å². The van der Waals surface area contributed by atoms with Crippen molar-refractivity contribution in [1.82, 2.24) is 0 Å². The molecule has 78 valence electrons. The molecule has 0 aliphatic rings. The van der Waals surface area contributed by atoms with Crippen molar-refractivity contribution in [2.75, 3.05) is 7.11 Å². The van der Waals surface area contributed by atoms with Crippen LogP contribution in [0.4, 0.5) is 13.2 Å². The Balaban J connectivity index is 2.96. The van der Waals surface area contributed by atoms with E-state index in [0.29, 0.717) is 0 Å². The molecule has 1 unspecified atom stereocenters. The zero-order chi connectivity index (χ0) is 10.8. The molecule has 1 atom stereocenters. The molecule has 0 bridgehead atoms. The number of halogens is 3. The Labute approximate surface area is 80.5 Å². The fourth-order valence-electron chi connectivity index (χ4n) is 1.20. The van der Waals surface area contributed by atoms with Crippen molar-refractivity contribution < 1.29 is 17.9 Å². The minimum absolute atomic E-state index is 0.130. The number of hydrogen-bond donors (Lipinski definition) is 0. The van der Waals surface area contributed by atoms with E-state index in [1.54, 1.807) is 12.1 Å². The Morgan fingerprint density at radius 3 is 2.00 bits per heavy atom. The van der Waals surface area contributed by atoms with Crippen molar-refractivity contribution >= 4 is 0 Å². The summed E-state index contributed by atoms with van der Waals surface area (Å²) >= 11 is 0. The third-order valence-electron chi connectivity index (χ3n) is 1.91. The number of aryl methyl sites for hydroxylation is 1. The molecule has 0 aliphatic heterocycles. The molecule has 1 aromatic rings. The second-order valence-corrected chi connectivity index (χ2v) is 3.07. The maximum Gasteiger partial charge on any atom is 0.418 e. The van der Waals surface area contributed by atoms with Gasteiger partial charge >= 0.3 is 6.18 Å². The quantitative estimate of drug-likeness (QED) is 0.718. The molecule has 0 saturated carbocycles. The number of methoxy groups -OCH3 is 1. The van der Waals surface area contributed by atoms with Crippen molar-refractivity contribution in [3.63, 3.8) is 0 Å². The van der Waals surface area contributed by atoms with E-state index in [0.717, 1.165) is 12.7 Å². The highest BCUT2D eigenvalue weighted by atomic mass is 19.4. The topological polar surface area (TPSA) is 9.23 Å². The summed E-state index contributed by atoms with van der Waals surface area (Å²) in [6.07, 6.45) is -6.19. The van der Waals surface area contributed by atoms with E-state index in [1.165, 1.54) is 12.1 Å². The van der Waals surface area contributed by atoms with Crippen molar-refractivity contribution in [3.05, 3.63) is 35.4 Å². The monoisotopic (exact) mass is 204 g/mol. The average Bonchev–Trinajstić information content (AvgIpc) is 2.07. The van der Waals surface area contributed by atoms with Gasteiger partial charge in [-0.05, 0) is 12.5 Å². The Morgan fingerprint density at radius 2 is 1.64 bits per heavy atom. The number of alkyl halides is 3. The molecule has 1 nitrogen and oxygen atoms in total. The standard InChI is InChI=1S/C10H11F3O/c1-7-3-5-8(6-4-7)9(14-2)10(11,12)13/h3-6,9H,1-2H3. The molecule has 0 spiro atoms. The maximum absolute atomic E-state index is 12.4. The first kappa shape index (κ1) is 11.0. The van der Waals surface area contributed by atoms with Crippen LogP contribution < -0.4 is 0 Å². The van der Waals surface area contributed by atoms with E-state index in [-0.39, 0.29) is 5.56 Å². The SMILES string of the molecule is COC(c1ccc(C)cc1)C(F)(F)F. The summed E-state index contributed by atoms with van der Waals surface area (Å²) < 4.78 is 41.6. The van der Waals surface area contributed by atoms with Gasteiger partial charge in [0, 0.05) is 7.11 Å². The molecule has 0 aromatic heterocycles. The van der Waals surface area contributed by atoms with Crippen LogP contribution in [0.15, 0.2) is 24.3 Å². The number of hydrogen-bond acceptors (Lipinski definition) is 1. The molecule has 0 N–H and O–H groups in total. The van der Waals surface area contributed by atoms with Crippen LogP contribution in [0, 0.1) is 6.92 Å². The van der Waals surface area contributed by atoms with Crippen LogP contribution in [0.5, 0.6) is 0 Å². The Kier molecular flexibility index (Phi) is 3.16. The van der Waals surface area contributed by atoms with Gasteiger partial charge in [0.1, 0.15) is 0 Å². The summed E-state index contributed by atoms with van der Waals surface area (Å²) in [5.74, 6) is 0. The Hall–Kier alpha value is -1.03. The minimum atomic E-state index is -4.36. The smallest absolute Gasteiger partial charge is 0.367 e. The fraction of sp³-hybridized carbons (Fsp3) is 0.400. The largest absolute Gasteiger partial charge is 0.418 e.